The number of amides is 1. The first kappa shape index (κ1) is 9.84. The van der Waals surface area contributed by atoms with E-state index < -0.39 is 0 Å². The molecule has 0 aromatic rings. The quantitative estimate of drug-likeness (QED) is 0.661. The molecule has 0 aromatic heterocycles. The van der Waals surface area contributed by atoms with Crippen molar-refractivity contribution >= 4 is 17.0 Å². The van der Waals surface area contributed by atoms with Crippen molar-refractivity contribution in [2.75, 3.05) is 12.3 Å². The number of fused-ring (bicyclic) bond motifs is 1. The summed E-state index contributed by atoms with van der Waals surface area (Å²) in [5.74, 6) is 1.42. The van der Waals surface area contributed by atoms with Crippen molar-refractivity contribution in [1.82, 2.24) is 4.90 Å². The van der Waals surface area contributed by atoms with Crippen molar-refractivity contribution in [2.24, 2.45) is 5.92 Å². The van der Waals surface area contributed by atoms with Gasteiger partial charge < -0.3 is 4.90 Å². The van der Waals surface area contributed by atoms with Crippen LogP contribution in [0.3, 0.4) is 0 Å². The van der Waals surface area contributed by atoms with Gasteiger partial charge in [-0.15, -0.1) is 0 Å². The Morgan fingerprint density at radius 1 is 1.50 bits per heavy atom. The van der Waals surface area contributed by atoms with E-state index in [0.29, 0.717) is 12.0 Å². The number of rotatable bonds is 1. The summed E-state index contributed by atoms with van der Waals surface area (Å²) in [5, 5.41) is 0.236. The van der Waals surface area contributed by atoms with E-state index in [1.165, 1.54) is 11.8 Å². The highest BCUT2D eigenvalue weighted by molar-refractivity contribution is 8.13. The first-order valence-corrected chi connectivity index (χ1v) is 6.10. The zero-order valence-electron chi connectivity index (χ0n) is 8.35. The maximum Gasteiger partial charge on any atom is 0.282 e. The normalized spacial score (nSPS) is 29.4. The summed E-state index contributed by atoms with van der Waals surface area (Å²) in [6.45, 7) is 2.93. The molecule has 14 heavy (non-hydrogen) atoms. The highest BCUT2D eigenvalue weighted by atomic mass is 32.2. The molecule has 0 radical (unpaired) electrons. The summed E-state index contributed by atoms with van der Waals surface area (Å²) in [6.07, 6.45) is 9.60. The van der Waals surface area contributed by atoms with Crippen molar-refractivity contribution in [3.63, 3.8) is 0 Å². The summed E-state index contributed by atoms with van der Waals surface area (Å²) in [5.41, 5.74) is 0. The molecule has 2 rings (SSSR count). The van der Waals surface area contributed by atoms with Crippen LogP contribution < -0.4 is 0 Å². The van der Waals surface area contributed by atoms with Gasteiger partial charge in [0.2, 0.25) is 0 Å². The molecule has 1 amide bonds. The van der Waals surface area contributed by atoms with Crippen molar-refractivity contribution in [1.29, 1.82) is 0 Å². The van der Waals surface area contributed by atoms with Crippen LogP contribution in [0.4, 0.5) is 4.79 Å². The monoisotopic (exact) mass is 209 g/mol. The molecule has 0 spiro atoms. The fourth-order valence-corrected chi connectivity index (χ4v) is 2.73. The van der Waals surface area contributed by atoms with E-state index in [4.69, 9.17) is 0 Å². The Morgan fingerprint density at radius 3 is 3.07 bits per heavy atom. The minimum atomic E-state index is 0.236. The van der Waals surface area contributed by atoms with Gasteiger partial charge in [0.15, 0.2) is 0 Å². The van der Waals surface area contributed by atoms with Crippen molar-refractivity contribution in [3.05, 3.63) is 24.3 Å². The molecule has 2 unspecified atom stereocenters. The molecule has 1 heterocycles. The third-order valence-corrected chi connectivity index (χ3v) is 3.55. The first-order chi connectivity index (χ1) is 6.83. The summed E-state index contributed by atoms with van der Waals surface area (Å²) in [4.78, 5) is 13.7. The van der Waals surface area contributed by atoms with Crippen LogP contribution in [0.15, 0.2) is 24.3 Å². The van der Waals surface area contributed by atoms with Gasteiger partial charge in [0.25, 0.3) is 5.24 Å². The van der Waals surface area contributed by atoms with Crippen LogP contribution in [0.2, 0.25) is 0 Å². The molecule has 0 bridgehead atoms. The second-order valence-electron chi connectivity index (χ2n) is 3.61. The molecule has 0 aromatic carbocycles. The van der Waals surface area contributed by atoms with Crippen molar-refractivity contribution in [2.45, 2.75) is 19.4 Å². The number of nitrogens with zero attached hydrogens (tertiary/aromatic N) is 1. The van der Waals surface area contributed by atoms with Gasteiger partial charge in [-0.3, -0.25) is 4.79 Å². The summed E-state index contributed by atoms with van der Waals surface area (Å²) >= 11 is 1.41. The number of likely N-dealkylation sites (tertiary alicyclic amines) is 1. The van der Waals surface area contributed by atoms with Crippen molar-refractivity contribution < 1.29 is 4.79 Å². The minimum Gasteiger partial charge on any atom is -0.327 e. The lowest BCUT2D eigenvalue weighted by Gasteiger charge is -2.25. The molecule has 1 saturated heterocycles. The number of thioether (sulfide) groups is 1. The molecular formula is C11H15NOS. The van der Waals surface area contributed by atoms with Crippen LogP contribution in [0.1, 0.15) is 13.3 Å². The average molecular weight is 209 g/mol. The first-order valence-electron chi connectivity index (χ1n) is 5.11. The van der Waals surface area contributed by atoms with Crippen LogP contribution >= 0.6 is 11.8 Å². The Hall–Kier alpha value is -0.700. The summed E-state index contributed by atoms with van der Waals surface area (Å²) < 4.78 is 0. The fourth-order valence-electron chi connectivity index (χ4n) is 2.10. The number of carbonyl (C=O) groups excluding carboxylic acids is 1. The Morgan fingerprint density at radius 2 is 2.29 bits per heavy atom. The van der Waals surface area contributed by atoms with Crippen LogP contribution in [0, 0.1) is 5.92 Å². The smallest absolute Gasteiger partial charge is 0.282 e. The van der Waals surface area contributed by atoms with E-state index in [9.17, 15) is 4.79 Å². The standard InChI is InChI=1S/C11H15NOS/c1-2-14-11(13)12-8-7-9-5-3-4-6-10(9)12/h3-6,9-10H,2,7-8H2,1H3. The van der Waals surface area contributed by atoms with Gasteiger partial charge in [-0.1, -0.05) is 43.0 Å². The topological polar surface area (TPSA) is 20.3 Å². The second kappa shape index (κ2) is 4.22. The van der Waals surface area contributed by atoms with Crippen LogP contribution in [0.5, 0.6) is 0 Å². The number of hydrogen-bond acceptors (Lipinski definition) is 2. The molecule has 2 aliphatic rings. The lowest BCUT2D eigenvalue weighted by Crippen LogP contribution is -2.34. The van der Waals surface area contributed by atoms with E-state index in [2.05, 4.69) is 18.2 Å². The molecule has 1 aliphatic heterocycles. The van der Waals surface area contributed by atoms with Crippen LogP contribution in [-0.2, 0) is 0 Å². The zero-order chi connectivity index (χ0) is 9.97. The average Bonchev–Trinajstić information content (AvgIpc) is 2.61. The molecule has 0 N–H and O–H groups in total. The third kappa shape index (κ3) is 1.73. The van der Waals surface area contributed by atoms with Crippen molar-refractivity contribution in [3.8, 4) is 0 Å². The Bertz CT molecular complexity index is 285. The van der Waals surface area contributed by atoms with E-state index in [1.807, 2.05) is 17.9 Å². The summed E-state index contributed by atoms with van der Waals surface area (Å²) in [7, 11) is 0. The second-order valence-corrected chi connectivity index (χ2v) is 4.82. The van der Waals surface area contributed by atoms with E-state index in [0.717, 1.165) is 18.7 Å². The van der Waals surface area contributed by atoms with Gasteiger partial charge in [-0.2, -0.15) is 0 Å². The van der Waals surface area contributed by atoms with E-state index in [-0.39, 0.29) is 5.24 Å². The van der Waals surface area contributed by atoms with Gasteiger partial charge in [0.05, 0.1) is 6.04 Å². The van der Waals surface area contributed by atoms with Crippen LogP contribution in [-0.4, -0.2) is 28.5 Å². The SMILES string of the molecule is CCSC(=O)N1CCC2C=CC=CC21. The molecule has 1 aliphatic carbocycles. The number of allylic oxidation sites excluding steroid dienone is 2. The van der Waals surface area contributed by atoms with E-state index >= 15 is 0 Å². The predicted octanol–water partition coefficient (Wildman–Crippen LogP) is 2.68. The molecule has 2 nitrogen and oxygen atoms in total. The van der Waals surface area contributed by atoms with Gasteiger partial charge >= 0.3 is 0 Å². The van der Waals surface area contributed by atoms with Crippen LogP contribution in [0.25, 0.3) is 0 Å². The highest BCUT2D eigenvalue weighted by Gasteiger charge is 2.34. The minimum absolute atomic E-state index is 0.236. The lowest BCUT2D eigenvalue weighted by atomic mass is 9.96. The molecule has 76 valence electrons. The lowest BCUT2D eigenvalue weighted by molar-refractivity contribution is 0.223. The van der Waals surface area contributed by atoms with Gasteiger partial charge in [0.1, 0.15) is 0 Å². The number of hydrogen-bond donors (Lipinski definition) is 0. The molecular weight excluding hydrogens is 194 g/mol. The predicted molar refractivity (Wildman–Crippen MR) is 60.4 cm³/mol. The maximum atomic E-state index is 11.7. The van der Waals surface area contributed by atoms with Gasteiger partial charge in [-0.05, 0) is 12.2 Å². The molecule has 1 fully saturated rings. The number of carbonyl (C=O) groups is 1. The maximum absolute atomic E-state index is 11.7. The Balaban J connectivity index is 2.05. The molecule has 2 atom stereocenters. The Labute approximate surface area is 89.0 Å². The largest absolute Gasteiger partial charge is 0.327 e. The van der Waals surface area contributed by atoms with Gasteiger partial charge in [-0.25, -0.2) is 0 Å². The highest BCUT2D eigenvalue weighted by Crippen LogP contribution is 2.31. The molecule has 3 heteroatoms. The Kier molecular flexibility index (Phi) is 2.96. The zero-order valence-corrected chi connectivity index (χ0v) is 9.17. The molecule has 0 saturated carbocycles. The van der Waals surface area contributed by atoms with Gasteiger partial charge in [0, 0.05) is 12.5 Å². The summed E-state index contributed by atoms with van der Waals surface area (Å²) in [6, 6.07) is 0.326. The van der Waals surface area contributed by atoms with E-state index in [1.54, 1.807) is 0 Å². The fraction of sp³-hybridized carbons (Fsp3) is 0.545. The third-order valence-electron chi connectivity index (χ3n) is 2.78.